The van der Waals surface area contributed by atoms with Gasteiger partial charge in [-0.3, -0.25) is 0 Å². The van der Waals surface area contributed by atoms with Crippen LogP contribution in [0.5, 0.6) is 0 Å². The van der Waals surface area contributed by atoms with E-state index in [2.05, 4.69) is 36.8 Å². The Kier molecular flexibility index (Phi) is 2.69. The van der Waals surface area contributed by atoms with E-state index in [9.17, 15) is 0 Å². The zero-order valence-electron chi connectivity index (χ0n) is 8.99. The largest absolute Gasteiger partial charge is 0.308 e. The van der Waals surface area contributed by atoms with Gasteiger partial charge in [-0.25, -0.2) is 4.98 Å². The molecule has 0 radical (unpaired) electrons. The van der Waals surface area contributed by atoms with Crippen LogP contribution in [0.25, 0.3) is 5.65 Å². The molecule has 2 aromatic rings. The van der Waals surface area contributed by atoms with E-state index in [-0.39, 0.29) is 0 Å². The first kappa shape index (κ1) is 10.3. The standard InChI is InChI=1S/C12H14BrN3/c13-11-5-2-6-16-8-10(15-12(11)16)7-14-9-3-1-4-9/h2,5-6,8-9,14H,1,3-4,7H2. The molecule has 0 atom stereocenters. The number of rotatable bonds is 3. The van der Waals surface area contributed by atoms with E-state index < -0.39 is 0 Å². The molecule has 1 N–H and O–H groups in total. The fourth-order valence-corrected chi connectivity index (χ4v) is 2.42. The number of aromatic nitrogens is 2. The summed E-state index contributed by atoms with van der Waals surface area (Å²) in [5.41, 5.74) is 2.10. The maximum atomic E-state index is 4.60. The summed E-state index contributed by atoms with van der Waals surface area (Å²) in [5, 5.41) is 3.52. The van der Waals surface area contributed by atoms with Crippen molar-refractivity contribution in [1.82, 2.24) is 14.7 Å². The van der Waals surface area contributed by atoms with Crippen molar-refractivity contribution in [3.8, 4) is 0 Å². The highest BCUT2D eigenvalue weighted by atomic mass is 79.9. The molecule has 1 fully saturated rings. The fraction of sp³-hybridized carbons (Fsp3) is 0.417. The zero-order valence-corrected chi connectivity index (χ0v) is 10.6. The third-order valence-electron chi connectivity index (χ3n) is 3.16. The predicted octanol–water partition coefficient (Wildman–Crippen LogP) is 2.74. The summed E-state index contributed by atoms with van der Waals surface area (Å²) in [5.74, 6) is 0. The molecule has 0 aromatic carbocycles. The molecule has 0 amide bonds. The smallest absolute Gasteiger partial charge is 0.151 e. The highest BCUT2D eigenvalue weighted by Gasteiger charge is 2.16. The number of pyridine rings is 1. The summed E-state index contributed by atoms with van der Waals surface area (Å²) in [6.45, 7) is 0.874. The van der Waals surface area contributed by atoms with Crippen LogP contribution in [0.4, 0.5) is 0 Å². The first-order valence-electron chi connectivity index (χ1n) is 5.68. The highest BCUT2D eigenvalue weighted by molar-refractivity contribution is 9.10. The minimum atomic E-state index is 0.716. The van der Waals surface area contributed by atoms with Gasteiger partial charge in [-0.05, 0) is 40.9 Å². The first-order valence-corrected chi connectivity index (χ1v) is 6.48. The third kappa shape index (κ3) is 1.87. The van der Waals surface area contributed by atoms with Crippen LogP contribution >= 0.6 is 15.9 Å². The number of imidazole rings is 1. The number of fused-ring (bicyclic) bond motifs is 1. The van der Waals surface area contributed by atoms with Gasteiger partial charge in [0, 0.05) is 25.0 Å². The van der Waals surface area contributed by atoms with Crippen LogP contribution in [0, 0.1) is 0 Å². The number of hydrogen-bond donors (Lipinski definition) is 1. The molecule has 1 aliphatic carbocycles. The number of nitrogens with zero attached hydrogens (tertiary/aromatic N) is 2. The van der Waals surface area contributed by atoms with Gasteiger partial charge in [0.05, 0.1) is 10.2 Å². The summed E-state index contributed by atoms with van der Waals surface area (Å²) < 4.78 is 3.10. The number of halogens is 1. The molecule has 2 heterocycles. The second kappa shape index (κ2) is 4.18. The van der Waals surface area contributed by atoms with E-state index in [4.69, 9.17) is 0 Å². The Hall–Kier alpha value is -0.870. The lowest BCUT2D eigenvalue weighted by atomic mass is 9.93. The fourth-order valence-electron chi connectivity index (χ4n) is 1.98. The molecule has 3 nitrogen and oxygen atoms in total. The zero-order chi connectivity index (χ0) is 11.0. The van der Waals surface area contributed by atoms with Gasteiger partial charge in [-0.15, -0.1) is 0 Å². The minimum Gasteiger partial charge on any atom is -0.308 e. The summed E-state index contributed by atoms with van der Waals surface area (Å²) in [4.78, 5) is 4.60. The molecule has 0 unspecified atom stereocenters. The molecule has 1 saturated carbocycles. The van der Waals surface area contributed by atoms with E-state index in [1.807, 2.05) is 18.3 Å². The van der Waals surface area contributed by atoms with Crippen molar-refractivity contribution in [3.05, 3.63) is 34.7 Å². The Morgan fingerprint density at radius 1 is 1.50 bits per heavy atom. The normalized spacial score (nSPS) is 16.6. The monoisotopic (exact) mass is 279 g/mol. The lowest BCUT2D eigenvalue weighted by Crippen LogP contribution is -2.34. The second-order valence-electron chi connectivity index (χ2n) is 4.33. The van der Waals surface area contributed by atoms with Gasteiger partial charge in [0.2, 0.25) is 0 Å². The highest BCUT2D eigenvalue weighted by Crippen LogP contribution is 2.19. The Morgan fingerprint density at radius 3 is 3.06 bits per heavy atom. The van der Waals surface area contributed by atoms with Crippen LogP contribution in [0.15, 0.2) is 29.0 Å². The van der Waals surface area contributed by atoms with Crippen molar-refractivity contribution in [2.75, 3.05) is 0 Å². The van der Waals surface area contributed by atoms with Crippen LogP contribution in [0.1, 0.15) is 25.0 Å². The molecule has 1 aliphatic rings. The van der Waals surface area contributed by atoms with Gasteiger partial charge >= 0.3 is 0 Å². The maximum absolute atomic E-state index is 4.60. The van der Waals surface area contributed by atoms with Crippen molar-refractivity contribution in [3.63, 3.8) is 0 Å². The molecule has 2 aromatic heterocycles. The molecule has 16 heavy (non-hydrogen) atoms. The maximum Gasteiger partial charge on any atom is 0.151 e. The van der Waals surface area contributed by atoms with Crippen LogP contribution in [0.2, 0.25) is 0 Å². The Labute approximate surface area is 103 Å². The van der Waals surface area contributed by atoms with Crippen molar-refractivity contribution in [1.29, 1.82) is 0 Å². The van der Waals surface area contributed by atoms with Crippen molar-refractivity contribution in [2.24, 2.45) is 0 Å². The summed E-state index contributed by atoms with van der Waals surface area (Å²) in [6, 6.07) is 4.75. The van der Waals surface area contributed by atoms with Gasteiger partial charge in [-0.1, -0.05) is 6.42 Å². The molecular formula is C12H14BrN3. The van der Waals surface area contributed by atoms with Crippen molar-refractivity contribution < 1.29 is 0 Å². The molecule has 84 valence electrons. The van der Waals surface area contributed by atoms with Gasteiger partial charge < -0.3 is 9.72 Å². The lowest BCUT2D eigenvalue weighted by molar-refractivity contribution is 0.337. The van der Waals surface area contributed by atoms with Crippen molar-refractivity contribution in [2.45, 2.75) is 31.8 Å². The van der Waals surface area contributed by atoms with E-state index in [1.54, 1.807) is 0 Å². The topological polar surface area (TPSA) is 29.3 Å². The molecule has 3 rings (SSSR count). The lowest BCUT2D eigenvalue weighted by Gasteiger charge is -2.26. The van der Waals surface area contributed by atoms with Crippen molar-refractivity contribution >= 4 is 21.6 Å². The molecule has 0 aliphatic heterocycles. The molecule has 4 heteroatoms. The average Bonchev–Trinajstić information content (AvgIpc) is 2.60. The molecule has 0 saturated heterocycles. The van der Waals surface area contributed by atoms with E-state index >= 15 is 0 Å². The number of nitrogens with one attached hydrogen (secondary N) is 1. The summed E-state index contributed by atoms with van der Waals surface area (Å²) in [7, 11) is 0. The molecule has 0 bridgehead atoms. The minimum absolute atomic E-state index is 0.716. The van der Waals surface area contributed by atoms with E-state index in [0.717, 1.165) is 22.4 Å². The Bertz CT molecular complexity index is 502. The van der Waals surface area contributed by atoms with Crippen LogP contribution in [-0.2, 0) is 6.54 Å². The first-order chi connectivity index (χ1) is 7.83. The SMILES string of the molecule is Brc1cccn2cc(CNC3CCC3)nc12. The quantitative estimate of drug-likeness (QED) is 0.936. The average molecular weight is 280 g/mol. The Morgan fingerprint density at radius 2 is 2.38 bits per heavy atom. The van der Waals surface area contributed by atoms with Crippen LogP contribution in [0.3, 0.4) is 0 Å². The Balaban J connectivity index is 1.79. The predicted molar refractivity (Wildman–Crippen MR) is 67.4 cm³/mol. The summed E-state index contributed by atoms with van der Waals surface area (Å²) >= 11 is 3.51. The third-order valence-corrected chi connectivity index (χ3v) is 3.78. The summed E-state index contributed by atoms with van der Waals surface area (Å²) in [6.07, 6.45) is 8.12. The van der Waals surface area contributed by atoms with Crippen LogP contribution < -0.4 is 5.32 Å². The molecule has 0 spiro atoms. The van der Waals surface area contributed by atoms with E-state index in [1.165, 1.54) is 19.3 Å². The second-order valence-corrected chi connectivity index (χ2v) is 5.18. The number of hydrogen-bond acceptors (Lipinski definition) is 2. The van der Waals surface area contributed by atoms with Gasteiger partial charge in [-0.2, -0.15) is 0 Å². The van der Waals surface area contributed by atoms with Gasteiger partial charge in [0.1, 0.15) is 0 Å². The van der Waals surface area contributed by atoms with Crippen LogP contribution in [-0.4, -0.2) is 15.4 Å². The van der Waals surface area contributed by atoms with E-state index in [0.29, 0.717) is 6.04 Å². The molecular weight excluding hydrogens is 266 g/mol. The van der Waals surface area contributed by atoms with Gasteiger partial charge in [0.25, 0.3) is 0 Å². The van der Waals surface area contributed by atoms with Gasteiger partial charge in [0.15, 0.2) is 5.65 Å².